The maximum absolute atomic E-state index is 12.5. The van der Waals surface area contributed by atoms with Crippen LogP contribution in [-0.4, -0.2) is 41.3 Å². The Morgan fingerprint density at radius 2 is 1.38 bits per heavy atom. The van der Waals surface area contributed by atoms with Crippen molar-refractivity contribution in [1.82, 2.24) is 15.0 Å². The van der Waals surface area contributed by atoms with E-state index in [1.165, 1.54) is 57.8 Å². The first-order valence-electron chi connectivity index (χ1n) is 14.0. The zero-order chi connectivity index (χ0) is 26.3. The fraction of sp³-hybridized carbons (Fsp3) is 0.567. The van der Waals surface area contributed by atoms with Gasteiger partial charge < -0.3 is 14.2 Å². The first-order valence-corrected chi connectivity index (χ1v) is 14.0. The fourth-order valence-electron chi connectivity index (χ4n) is 4.25. The van der Waals surface area contributed by atoms with Crippen molar-refractivity contribution in [3.63, 3.8) is 0 Å². The molecule has 0 atom stereocenters. The lowest BCUT2D eigenvalue weighted by molar-refractivity contribution is 0.0498. The Bertz CT molecular complexity index is 1100. The lowest BCUT2D eigenvalue weighted by Crippen LogP contribution is -2.06. The van der Waals surface area contributed by atoms with E-state index in [4.69, 9.17) is 14.2 Å². The van der Waals surface area contributed by atoms with Crippen LogP contribution in [0.1, 0.15) is 101 Å². The minimum absolute atomic E-state index is 0.321. The molecule has 0 saturated heterocycles. The van der Waals surface area contributed by atoms with Gasteiger partial charge in [0, 0.05) is 6.07 Å². The van der Waals surface area contributed by atoms with Crippen molar-refractivity contribution in [2.24, 2.45) is 0 Å². The van der Waals surface area contributed by atoms with Gasteiger partial charge in [0.1, 0.15) is 11.0 Å². The number of ether oxygens (including phenoxy) is 3. The second-order valence-electron chi connectivity index (χ2n) is 9.55. The van der Waals surface area contributed by atoms with Gasteiger partial charge in [-0.15, -0.1) is 10.2 Å². The van der Waals surface area contributed by atoms with Crippen molar-refractivity contribution < 1.29 is 19.0 Å². The maximum Gasteiger partial charge on any atom is 0.338 e. The summed E-state index contributed by atoms with van der Waals surface area (Å²) in [4.78, 5) is 14.0. The topological polar surface area (TPSA) is 75.5 Å². The number of methoxy groups -OCH3 is 1. The second-order valence-corrected chi connectivity index (χ2v) is 9.55. The molecule has 0 aliphatic heterocycles. The third-order valence-electron chi connectivity index (χ3n) is 6.48. The van der Waals surface area contributed by atoms with Crippen LogP contribution >= 0.6 is 0 Å². The molecule has 3 rings (SSSR count). The van der Waals surface area contributed by atoms with Crippen LogP contribution in [0.15, 0.2) is 36.4 Å². The molecule has 1 heterocycles. The molecule has 2 aromatic carbocycles. The minimum atomic E-state index is -0.321. The van der Waals surface area contributed by atoms with Crippen molar-refractivity contribution in [2.45, 2.75) is 90.9 Å². The number of hydrogen-bond acceptors (Lipinski definition) is 6. The average molecular weight is 510 g/mol. The Morgan fingerprint density at radius 1 is 0.730 bits per heavy atom. The van der Waals surface area contributed by atoms with E-state index in [1.807, 2.05) is 18.2 Å². The molecule has 37 heavy (non-hydrogen) atoms. The molecule has 7 nitrogen and oxygen atoms in total. The Hall–Kier alpha value is -3.09. The number of carbonyl (C=O) groups excluding carboxylic acids is 1. The van der Waals surface area contributed by atoms with E-state index in [2.05, 4.69) is 24.0 Å². The molecule has 0 fully saturated rings. The van der Waals surface area contributed by atoms with E-state index in [1.54, 1.807) is 30.1 Å². The van der Waals surface area contributed by atoms with Crippen molar-refractivity contribution >= 4 is 17.0 Å². The number of esters is 1. The van der Waals surface area contributed by atoms with Gasteiger partial charge in [0.2, 0.25) is 0 Å². The van der Waals surface area contributed by atoms with Gasteiger partial charge in [-0.1, -0.05) is 78.1 Å². The van der Waals surface area contributed by atoms with Crippen molar-refractivity contribution in [2.75, 3.05) is 20.3 Å². The molecule has 0 aliphatic carbocycles. The highest BCUT2D eigenvalue weighted by atomic mass is 16.5. The SMILES string of the molecule is CCCCCCCCOC(=O)c1ccc2nn(-c3ccc(OCCCCCCCC)c(OC)c3)nc2c1. The Kier molecular flexibility index (Phi) is 12.2. The van der Waals surface area contributed by atoms with Gasteiger partial charge in [-0.05, 0) is 43.2 Å². The summed E-state index contributed by atoms with van der Waals surface area (Å²) in [5, 5.41) is 9.15. The standard InChI is InChI=1S/C30H43N3O4/c1-4-6-8-10-12-14-20-36-28-19-17-25(23-29(28)35-3)33-31-26-18-16-24(22-27(26)32-33)30(34)37-21-15-13-11-9-7-5-2/h16-19,22-23H,4-15,20-21H2,1-3H3. The highest BCUT2D eigenvalue weighted by Gasteiger charge is 2.13. The van der Waals surface area contributed by atoms with Gasteiger partial charge in [-0.3, -0.25) is 0 Å². The smallest absolute Gasteiger partial charge is 0.338 e. The van der Waals surface area contributed by atoms with Gasteiger partial charge in [0.05, 0.1) is 31.6 Å². The molecular formula is C30H43N3O4. The summed E-state index contributed by atoms with van der Waals surface area (Å²) in [6.45, 7) is 5.55. The van der Waals surface area contributed by atoms with E-state index in [-0.39, 0.29) is 5.97 Å². The molecule has 1 aromatic heterocycles. The number of carbonyl (C=O) groups is 1. The molecule has 0 bridgehead atoms. The number of rotatable bonds is 18. The molecule has 0 saturated carbocycles. The quantitative estimate of drug-likeness (QED) is 0.129. The number of benzene rings is 2. The number of nitrogens with zero attached hydrogens (tertiary/aromatic N) is 3. The predicted octanol–water partition coefficient (Wildman–Crippen LogP) is 7.69. The van der Waals surface area contributed by atoms with E-state index in [9.17, 15) is 4.79 Å². The van der Waals surface area contributed by atoms with Crippen LogP contribution in [0.3, 0.4) is 0 Å². The molecule has 202 valence electrons. The Balaban J connectivity index is 1.56. The predicted molar refractivity (Wildman–Crippen MR) is 148 cm³/mol. The zero-order valence-corrected chi connectivity index (χ0v) is 22.8. The summed E-state index contributed by atoms with van der Waals surface area (Å²) >= 11 is 0. The maximum atomic E-state index is 12.5. The fourth-order valence-corrected chi connectivity index (χ4v) is 4.25. The number of hydrogen-bond donors (Lipinski definition) is 0. The summed E-state index contributed by atoms with van der Waals surface area (Å²) in [6, 6.07) is 10.9. The minimum Gasteiger partial charge on any atom is -0.493 e. The number of unbranched alkanes of at least 4 members (excludes halogenated alkanes) is 10. The molecule has 0 spiro atoms. The van der Waals surface area contributed by atoms with Gasteiger partial charge in [-0.25, -0.2) is 4.79 Å². The normalized spacial score (nSPS) is 11.1. The molecule has 7 heteroatoms. The molecule has 0 unspecified atom stereocenters. The van der Waals surface area contributed by atoms with Gasteiger partial charge in [0.15, 0.2) is 11.5 Å². The van der Waals surface area contributed by atoms with E-state index >= 15 is 0 Å². The highest BCUT2D eigenvalue weighted by Crippen LogP contribution is 2.30. The largest absolute Gasteiger partial charge is 0.493 e. The molecule has 3 aromatic rings. The second kappa shape index (κ2) is 15.9. The Morgan fingerprint density at radius 3 is 2.08 bits per heavy atom. The summed E-state index contributed by atoms with van der Waals surface area (Å²) in [7, 11) is 1.63. The first kappa shape index (κ1) is 28.5. The van der Waals surface area contributed by atoms with Crippen LogP contribution in [0.4, 0.5) is 0 Å². The Labute approximate surface area is 221 Å². The lowest BCUT2D eigenvalue weighted by atomic mass is 10.1. The van der Waals surface area contributed by atoms with E-state index in [0.29, 0.717) is 41.3 Å². The molecule has 0 amide bonds. The van der Waals surface area contributed by atoms with Gasteiger partial charge >= 0.3 is 5.97 Å². The van der Waals surface area contributed by atoms with Crippen LogP contribution in [0.2, 0.25) is 0 Å². The van der Waals surface area contributed by atoms with E-state index in [0.717, 1.165) is 24.9 Å². The highest BCUT2D eigenvalue weighted by molar-refractivity contribution is 5.93. The van der Waals surface area contributed by atoms with Crippen LogP contribution in [0, 0.1) is 0 Å². The van der Waals surface area contributed by atoms with E-state index < -0.39 is 0 Å². The summed E-state index contributed by atoms with van der Waals surface area (Å²) in [5.41, 5.74) is 2.58. The number of fused-ring (bicyclic) bond motifs is 1. The van der Waals surface area contributed by atoms with Crippen molar-refractivity contribution in [3.8, 4) is 17.2 Å². The van der Waals surface area contributed by atoms with Crippen LogP contribution in [-0.2, 0) is 4.74 Å². The first-order chi connectivity index (χ1) is 18.2. The zero-order valence-electron chi connectivity index (χ0n) is 22.8. The van der Waals surface area contributed by atoms with Crippen LogP contribution in [0.25, 0.3) is 16.7 Å². The van der Waals surface area contributed by atoms with Gasteiger partial charge in [0.25, 0.3) is 0 Å². The third kappa shape index (κ3) is 9.06. The van der Waals surface area contributed by atoms with Crippen molar-refractivity contribution in [1.29, 1.82) is 0 Å². The third-order valence-corrected chi connectivity index (χ3v) is 6.48. The average Bonchev–Trinajstić information content (AvgIpc) is 3.35. The summed E-state index contributed by atoms with van der Waals surface area (Å²) in [6.07, 6.45) is 14.2. The monoisotopic (exact) mass is 509 g/mol. The van der Waals surface area contributed by atoms with Crippen LogP contribution < -0.4 is 9.47 Å². The van der Waals surface area contributed by atoms with Crippen molar-refractivity contribution in [3.05, 3.63) is 42.0 Å². The van der Waals surface area contributed by atoms with Gasteiger partial charge in [-0.2, -0.15) is 4.80 Å². The number of aromatic nitrogens is 3. The summed E-state index contributed by atoms with van der Waals surface area (Å²) in [5.74, 6) is 1.04. The lowest BCUT2D eigenvalue weighted by Gasteiger charge is -2.12. The van der Waals surface area contributed by atoms with Crippen LogP contribution in [0.5, 0.6) is 11.5 Å². The molecule has 0 radical (unpaired) electrons. The molecule has 0 N–H and O–H groups in total. The summed E-state index contributed by atoms with van der Waals surface area (Å²) < 4.78 is 17.0. The molecular weight excluding hydrogens is 466 g/mol. The molecule has 0 aliphatic rings.